The van der Waals surface area contributed by atoms with Crippen LogP contribution in [0.4, 0.5) is 17.1 Å². The van der Waals surface area contributed by atoms with Crippen LogP contribution in [-0.2, 0) is 5.41 Å². The molecule has 2 aliphatic carbocycles. The van der Waals surface area contributed by atoms with Gasteiger partial charge < -0.3 is 4.90 Å². The van der Waals surface area contributed by atoms with Crippen molar-refractivity contribution in [2.24, 2.45) is 0 Å². The van der Waals surface area contributed by atoms with Crippen molar-refractivity contribution >= 4 is 38.6 Å². The molecule has 0 saturated heterocycles. The number of anilines is 3. The number of nitrogens with zero attached hydrogens (tertiary/aromatic N) is 1. The smallest absolute Gasteiger partial charge is 0.0618 e. The first-order chi connectivity index (χ1) is 26.5. The molecule has 0 spiro atoms. The van der Waals surface area contributed by atoms with Crippen LogP contribution in [0.3, 0.4) is 0 Å². The Morgan fingerprint density at radius 2 is 1.04 bits per heavy atom. The summed E-state index contributed by atoms with van der Waals surface area (Å²) >= 11 is 0. The highest BCUT2D eigenvalue weighted by atomic mass is 15.1. The Hall–Kier alpha value is -5.92. The number of hydrogen-bond acceptors (Lipinski definition) is 1. The highest BCUT2D eigenvalue weighted by Gasteiger charge is 2.36. The zero-order valence-electron chi connectivity index (χ0n) is 31.2. The number of rotatable bonds is 6. The van der Waals surface area contributed by atoms with Crippen molar-refractivity contribution in [1.29, 1.82) is 0 Å². The number of benzene rings is 8. The monoisotopic (exact) mass is 695 g/mol. The van der Waals surface area contributed by atoms with Crippen LogP contribution < -0.4 is 4.90 Å². The molecule has 8 aromatic carbocycles. The SMILES string of the molecule is CC1(C)c2ccccc2-c2cc(N(c3ccc(-c4ccc(C5CCCCC5)cc4)cc3)c3c(-c4cccc5ccccc45)ccc4ccccc34)ccc21. The molecule has 262 valence electrons. The highest BCUT2D eigenvalue weighted by molar-refractivity contribution is 6.10. The van der Waals surface area contributed by atoms with Crippen LogP contribution in [0.5, 0.6) is 0 Å². The fourth-order valence-electron chi connectivity index (χ4n) is 9.61. The lowest BCUT2D eigenvalue weighted by Crippen LogP contribution is -2.15. The quantitative estimate of drug-likeness (QED) is 0.167. The van der Waals surface area contributed by atoms with Gasteiger partial charge in [-0.1, -0.05) is 179 Å². The minimum absolute atomic E-state index is 0.0585. The summed E-state index contributed by atoms with van der Waals surface area (Å²) in [6, 6.07) is 63.8. The van der Waals surface area contributed by atoms with E-state index in [9.17, 15) is 0 Å². The van der Waals surface area contributed by atoms with Gasteiger partial charge in [0.2, 0.25) is 0 Å². The topological polar surface area (TPSA) is 3.24 Å². The Morgan fingerprint density at radius 1 is 0.444 bits per heavy atom. The van der Waals surface area contributed by atoms with Gasteiger partial charge in [0.25, 0.3) is 0 Å². The van der Waals surface area contributed by atoms with E-state index in [4.69, 9.17) is 0 Å². The van der Waals surface area contributed by atoms with E-state index in [2.05, 4.69) is 189 Å². The maximum atomic E-state index is 2.52. The van der Waals surface area contributed by atoms with Crippen LogP contribution >= 0.6 is 0 Å². The summed E-state index contributed by atoms with van der Waals surface area (Å²) in [6.45, 7) is 4.72. The first-order valence-corrected chi connectivity index (χ1v) is 19.8. The standard InChI is InChI=1S/C53H45N/c1-53(2)50-22-11-10-20-47(50)49-35-43(32-34-51(49)53)54(42-30-27-39(28-31-42)38-25-23-37(24-26-38)36-13-4-3-5-14-36)52-45-19-9-7-16-41(45)29-33-48(52)46-21-12-17-40-15-6-8-18-44(40)46/h6-12,15-36H,3-5,13-14H2,1-2H3. The van der Waals surface area contributed by atoms with E-state index in [0.717, 1.165) is 11.4 Å². The van der Waals surface area contributed by atoms with Gasteiger partial charge in [0.1, 0.15) is 0 Å². The second kappa shape index (κ2) is 13.2. The molecule has 54 heavy (non-hydrogen) atoms. The summed E-state index contributed by atoms with van der Waals surface area (Å²) in [6.07, 6.45) is 6.75. The second-order valence-corrected chi connectivity index (χ2v) is 15.9. The molecule has 8 aromatic rings. The van der Waals surface area contributed by atoms with Crippen LogP contribution in [0.2, 0.25) is 0 Å². The molecule has 0 bridgehead atoms. The summed E-state index contributed by atoms with van der Waals surface area (Å²) in [5.41, 5.74) is 15.3. The predicted molar refractivity (Wildman–Crippen MR) is 230 cm³/mol. The van der Waals surface area contributed by atoms with Crippen molar-refractivity contribution < 1.29 is 0 Å². The highest BCUT2D eigenvalue weighted by Crippen LogP contribution is 2.52. The van der Waals surface area contributed by atoms with Gasteiger partial charge in [-0.2, -0.15) is 0 Å². The minimum atomic E-state index is -0.0585. The molecule has 1 nitrogen and oxygen atoms in total. The zero-order valence-corrected chi connectivity index (χ0v) is 31.2. The van der Waals surface area contributed by atoms with Gasteiger partial charge in [-0.05, 0) is 104 Å². The van der Waals surface area contributed by atoms with E-state index in [1.807, 2.05) is 0 Å². The van der Waals surface area contributed by atoms with Crippen LogP contribution in [0, 0.1) is 0 Å². The third-order valence-corrected chi connectivity index (χ3v) is 12.5. The average molecular weight is 696 g/mol. The van der Waals surface area contributed by atoms with Crippen molar-refractivity contribution in [3.05, 3.63) is 187 Å². The fourth-order valence-corrected chi connectivity index (χ4v) is 9.61. The lowest BCUT2D eigenvalue weighted by atomic mass is 9.82. The molecular formula is C53H45N. The van der Waals surface area contributed by atoms with Crippen LogP contribution in [0.1, 0.15) is 68.6 Å². The van der Waals surface area contributed by atoms with Crippen molar-refractivity contribution in [3.63, 3.8) is 0 Å². The van der Waals surface area contributed by atoms with Gasteiger partial charge in [-0.15, -0.1) is 0 Å². The molecule has 0 aromatic heterocycles. The molecule has 0 heterocycles. The largest absolute Gasteiger partial charge is 0.309 e. The Kier molecular flexibility index (Phi) is 7.99. The van der Waals surface area contributed by atoms with Crippen LogP contribution in [0.15, 0.2) is 170 Å². The molecule has 10 rings (SSSR count). The Bertz CT molecular complexity index is 2650. The van der Waals surface area contributed by atoms with Gasteiger partial charge >= 0.3 is 0 Å². The Labute approximate surface area is 319 Å². The Balaban J connectivity index is 1.17. The lowest BCUT2D eigenvalue weighted by molar-refractivity contribution is 0.443. The molecule has 2 aliphatic rings. The molecule has 0 atom stereocenters. The summed E-state index contributed by atoms with van der Waals surface area (Å²) in [5.74, 6) is 0.713. The van der Waals surface area contributed by atoms with Crippen LogP contribution in [-0.4, -0.2) is 0 Å². The number of hydrogen-bond donors (Lipinski definition) is 0. The summed E-state index contributed by atoms with van der Waals surface area (Å²) in [4.78, 5) is 2.52. The summed E-state index contributed by atoms with van der Waals surface area (Å²) in [7, 11) is 0. The van der Waals surface area contributed by atoms with Gasteiger partial charge in [0, 0.05) is 27.7 Å². The van der Waals surface area contributed by atoms with Gasteiger partial charge in [-0.3, -0.25) is 0 Å². The van der Waals surface area contributed by atoms with E-state index >= 15 is 0 Å². The van der Waals surface area contributed by atoms with Crippen LogP contribution in [0.25, 0.3) is 54.9 Å². The number of fused-ring (bicyclic) bond motifs is 5. The third kappa shape index (κ3) is 5.45. The fraction of sp³-hybridized carbons (Fsp3) is 0.170. The third-order valence-electron chi connectivity index (χ3n) is 12.5. The first-order valence-electron chi connectivity index (χ1n) is 19.8. The molecule has 0 amide bonds. The van der Waals surface area contributed by atoms with E-state index in [0.29, 0.717) is 5.92 Å². The van der Waals surface area contributed by atoms with Gasteiger partial charge in [-0.25, -0.2) is 0 Å². The van der Waals surface area contributed by atoms with E-state index < -0.39 is 0 Å². The first kappa shape index (κ1) is 32.7. The zero-order chi connectivity index (χ0) is 36.2. The summed E-state index contributed by atoms with van der Waals surface area (Å²) in [5, 5.41) is 4.96. The predicted octanol–water partition coefficient (Wildman–Crippen LogP) is 15.2. The maximum Gasteiger partial charge on any atom is 0.0618 e. The summed E-state index contributed by atoms with van der Waals surface area (Å²) < 4.78 is 0. The molecule has 0 radical (unpaired) electrons. The van der Waals surface area contributed by atoms with E-state index in [-0.39, 0.29) is 5.41 Å². The maximum absolute atomic E-state index is 2.52. The molecule has 1 saturated carbocycles. The van der Waals surface area contributed by atoms with Crippen molar-refractivity contribution in [2.45, 2.75) is 57.3 Å². The normalized spacial score (nSPS) is 14.9. The van der Waals surface area contributed by atoms with Gasteiger partial charge in [0.15, 0.2) is 0 Å². The van der Waals surface area contributed by atoms with Crippen molar-refractivity contribution in [1.82, 2.24) is 0 Å². The average Bonchev–Trinajstić information content (AvgIpc) is 3.47. The molecule has 0 aliphatic heterocycles. The Morgan fingerprint density at radius 3 is 1.81 bits per heavy atom. The van der Waals surface area contributed by atoms with Crippen molar-refractivity contribution in [2.75, 3.05) is 4.90 Å². The van der Waals surface area contributed by atoms with Crippen molar-refractivity contribution in [3.8, 4) is 33.4 Å². The molecule has 1 fully saturated rings. The molecular weight excluding hydrogens is 651 g/mol. The minimum Gasteiger partial charge on any atom is -0.309 e. The molecule has 1 heteroatoms. The van der Waals surface area contributed by atoms with Gasteiger partial charge in [0.05, 0.1) is 5.69 Å². The second-order valence-electron chi connectivity index (χ2n) is 15.9. The van der Waals surface area contributed by atoms with E-state index in [1.165, 1.54) is 109 Å². The molecule has 0 unspecified atom stereocenters. The van der Waals surface area contributed by atoms with E-state index in [1.54, 1.807) is 0 Å². The molecule has 0 N–H and O–H groups in total. The lowest BCUT2D eigenvalue weighted by Gasteiger charge is -2.31.